The van der Waals surface area contributed by atoms with Gasteiger partial charge in [0.1, 0.15) is 35.0 Å². The monoisotopic (exact) mass is 562 g/mol. The molecular formula is C34H38N6O2. The van der Waals surface area contributed by atoms with Gasteiger partial charge in [-0.2, -0.15) is 0 Å². The minimum atomic E-state index is 0.0687. The Morgan fingerprint density at radius 3 is 2.43 bits per heavy atom. The second-order valence-electron chi connectivity index (χ2n) is 11.1. The molecule has 0 bridgehead atoms. The topological polar surface area (TPSA) is 89.5 Å². The van der Waals surface area contributed by atoms with E-state index in [1.807, 2.05) is 84.6 Å². The molecule has 2 aromatic heterocycles. The number of hydrogen-bond acceptors (Lipinski definition) is 6. The SMILES string of the molecule is CC(C)n1c(C#CC2CCN(C(=O)/C=C/CN(C)C)CC2)c(-c2ccc(Oc3ccccc3)cc2)c2c(N)ncnc21. The van der Waals surface area contributed by atoms with Crippen molar-refractivity contribution in [2.75, 3.05) is 39.5 Å². The third kappa shape index (κ3) is 6.48. The Kier molecular flexibility index (Phi) is 8.89. The molecule has 1 aliphatic rings. The number of ether oxygens (including phenoxy) is 1. The van der Waals surface area contributed by atoms with E-state index in [0.717, 1.165) is 58.7 Å². The number of rotatable bonds is 7. The molecule has 4 aromatic rings. The van der Waals surface area contributed by atoms with Crippen LogP contribution in [0.15, 0.2) is 73.1 Å². The van der Waals surface area contributed by atoms with Crippen LogP contribution in [0.1, 0.15) is 38.4 Å². The number of nitrogens with two attached hydrogens (primary N) is 1. The van der Waals surface area contributed by atoms with Crippen molar-refractivity contribution in [2.45, 2.75) is 32.7 Å². The molecule has 0 saturated carbocycles. The summed E-state index contributed by atoms with van der Waals surface area (Å²) in [6.07, 6.45) is 6.78. The molecule has 0 aliphatic carbocycles. The second-order valence-corrected chi connectivity index (χ2v) is 11.1. The summed E-state index contributed by atoms with van der Waals surface area (Å²) in [5, 5.41) is 0.803. The summed E-state index contributed by atoms with van der Waals surface area (Å²) in [6.45, 7) is 6.39. The number of nitrogen functional groups attached to an aromatic ring is 1. The van der Waals surface area contributed by atoms with Crippen LogP contribution in [0.2, 0.25) is 0 Å². The lowest BCUT2D eigenvalue weighted by atomic mass is 9.96. The maximum atomic E-state index is 12.6. The predicted molar refractivity (Wildman–Crippen MR) is 168 cm³/mol. The van der Waals surface area contributed by atoms with Crippen molar-refractivity contribution >= 4 is 22.8 Å². The van der Waals surface area contributed by atoms with Crippen LogP contribution in [-0.4, -0.2) is 64.0 Å². The number of benzene rings is 2. The quantitative estimate of drug-likeness (QED) is 0.228. The minimum Gasteiger partial charge on any atom is -0.457 e. The average Bonchev–Trinajstić information content (AvgIpc) is 3.32. The summed E-state index contributed by atoms with van der Waals surface area (Å²) in [4.78, 5) is 25.5. The highest BCUT2D eigenvalue weighted by Crippen LogP contribution is 2.39. The normalized spacial score (nSPS) is 14.1. The van der Waals surface area contributed by atoms with E-state index in [1.165, 1.54) is 6.33 Å². The number of para-hydroxylation sites is 1. The molecule has 1 aliphatic heterocycles. The lowest BCUT2D eigenvalue weighted by Gasteiger charge is -2.29. The van der Waals surface area contributed by atoms with E-state index >= 15 is 0 Å². The molecule has 1 fully saturated rings. The first-order valence-electron chi connectivity index (χ1n) is 14.4. The van der Waals surface area contributed by atoms with Crippen LogP contribution >= 0.6 is 0 Å². The molecule has 42 heavy (non-hydrogen) atoms. The summed E-state index contributed by atoms with van der Waals surface area (Å²) < 4.78 is 8.17. The molecular weight excluding hydrogens is 524 g/mol. The lowest BCUT2D eigenvalue weighted by molar-refractivity contribution is -0.127. The summed E-state index contributed by atoms with van der Waals surface area (Å²) in [5.74, 6) is 9.28. The third-order valence-corrected chi connectivity index (χ3v) is 7.38. The fraction of sp³-hybridized carbons (Fsp3) is 0.324. The van der Waals surface area contributed by atoms with Crippen LogP contribution in [0, 0.1) is 17.8 Å². The molecule has 5 rings (SSSR count). The van der Waals surface area contributed by atoms with Crippen molar-refractivity contribution in [3.63, 3.8) is 0 Å². The van der Waals surface area contributed by atoms with E-state index in [2.05, 4.69) is 40.2 Å². The number of likely N-dealkylation sites (tertiary alicyclic amines) is 1. The van der Waals surface area contributed by atoms with E-state index in [-0.39, 0.29) is 17.9 Å². The molecule has 0 radical (unpaired) electrons. The molecule has 8 heteroatoms. The number of amides is 1. The largest absolute Gasteiger partial charge is 0.457 e. The summed E-state index contributed by atoms with van der Waals surface area (Å²) in [5.41, 5.74) is 9.99. The number of hydrogen-bond donors (Lipinski definition) is 1. The lowest BCUT2D eigenvalue weighted by Crippen LogP contribution is -2.37. The van der Waals surface area contributed by atoms with Crippen LogP contribution in [-0.2, 0) is 4.79 Å². The predicted octanol–water partition coefficient (Wildman–Crippen LogP) is 5.76. The molecule has 1 amide bonds. The summed E-state index contributed by atoms with van der Waals surface area (Å²) in [7, 11) is 3.97. The van der Waals surface area contributed by atoms with Gasteiger partial charge in [-0.25, -0.2) is 9.97 Å². The highest BCUT2D eigenvalue weighted by Gasteiger charge is 2.24. The highest BCUT2D eigenvalue weighted by atomic mass is 16.5. The number of aromatic nitrogens is 3. The third-order valence-electron chi connectivity index (χ3n) is 7.38. The molecule has 0 unspecified atom stereocenters. The van der Waals surface area contributed by atoms with E-state index in [0.29, 0.717) is 18.9 Å². The van der Waals surface area contributed by atoms with Gasteiger partial charge in [0.05, 0.1) is 5.39 Å². The first kappa shape index (κ1) is 28.9. The average molecular weight is 563 g/mol. The summed E-state index contributed by atoms with van der Waals surface area (Å²) in [6, 6.07) is 17.8. The Hall–Kier alpha value is -4.61. The van der Waals surface area contributed by atoms with Crippen LogP contribution in [0.4, 0.5) is 5.82 Å². The minimum absolute atomic E-state index is 0.0687. The van der Waals surface area contributed by atoms with Crippen molar-refractivity contribution in [2.24, 2.45) is 5.92 Å². The fourth-order valence-corrected chi connectivity index (χ4v) is 5.26. The molecule has 0 spiro atoms. The van der Waals surface area contributed by atoms with Gasteiger partial charge in [0, 0.05) is 43.2 Å². The molecule has 8 nitrogen and oxygen atoms in total. The van der Waals surface area contributed by atoms with Crippen molar-refractivity contribution in [3.8, 4) is 34.5 Å². The van der Waals surface area contributed by atoms with E-state index in [4.69, 9.17) is 10.5 Å². The van der Waals surface area contributed by atoms with Gasteiger partial charge in [-0.3, -0.25) is 4.79 Å². The first-order valence-corrected chi connectivity index (χ1v) is 14.4. The van der Waals surface area contributed by atoms with Crippen LogP contribution < -0.4 is 10.5 Å². The number of likely N-dealkylation sites (N-methyl/N-ethyl adjacent to an activating group) is 1. The first-order chi connectivity index (χ1) is 20.3. The zero-order chi connectivity index (χ0) is 29.6. The second kappa shape index (κ2) is 12.9. The maximum absolute atomic E-state index is 12.6. The number of anilines is 1. The number of carbonyl (C=O) groups excluding carboxylic acids is 1. The molecule has 1 saturated heterocycles. The van der Waals surface area contributed by atoms with Gasteiger partial charge >= 0.3 is 0 Å². The number of fused-ring (bicyclic) bond motifs is 1. The van der Waals surface area contributed by atoms with Crippen LogP contribution in [0.5, 0.6) is 11.5 Å². The Balaban J connectivity index is 1.44. The van der Waals surface area contributed by atoms with Gasteiger partial charge in [-0.05, 0) is 76.5 Å². The highest BCUT2D eigenvalue weighted by molar-refractivity contribution is 6.03. The molecule has 2 N–H and O–H groups in total. The molecule has 3 heterocycles. The molecule has 216 valence electrons. The standard InChI is InChI=1S/C34H38N6O2/c1-24(2)40-29(17-12-25-18-21-39(22-19-25)30(41)11-8-20-38(3)4)31(32-33(35)36-23-37-34(32)40)26-13-15-28(16-14-26)42-27-9-6-5-7-10-27/h5-11,13-16,23-25H,18-22H2,1-4H3,(H2,35,36,37)/b11-8+. The van der Waals surface area contributed by atoms with Crippen LogP contribution in [0.25, 0.3) is 22.2 Å². The van der Waals surface area contributed by atoms with Gasteiger partial charge in [-0.15, -0.1) is 0 Å². The van der Waals surface area contributed by atoms with Gasteiger partial charge in [0.2, 0.25) is 5.91 Å². The van der Waals surface area contributed by atoms with Crippen molar-refractivity contribution in [1.29, 1.82) is 0 Å². The Morgan fingerprint density at radius 1 is 1.07 bits per heavy atom. The fourth-order valence-electron chi connectivity index (χ4n) is 5.26. The summed E-state index contributed by atoms with van der Waals surface area (Å²) >= 11 is 0. The number of nitrogens with zero attached hydrogens (tertiary/aromatic N) is 5. The van der Waals surface area contributed by atoms with Gasteiger partial charge in [-0.1, -0.05) is 42.3 Å². The van der Waals surface area contributed by atoms with E-state index < -0.39 is 0 Å². The van der Waals surface area contributed by atoms with Crippen molar-refractivity contribution in [1.82, 2.24) is 24.3 Å². The Labute approximate surface area is 247 Å². The van der Waals surface area contributed by atoms with E-state index in [9.17, 15) is 4.79 Å². The number of piperidine rings is 1. The number of carbonyl (C=O) groups is 1. The van der Waals surface area contributed by atoms with Gasteiger partial charge in [0.15, 0.2) is 0 Å². The molecule has 2 aromatic carbocycles. The van der Waals surface area contributed by atoms with Gasteiger partial charge < -0.3 is 24.8 Å². The smallest absolute Gasteiger partial charge is 0.246 e. The van der Waals surface area contributed by atoms with Crippen molar-refractivity contribution in [3.05, 3.63) is 78.8 Å². The zero-order valence-electron chi connectivity index (χ0n) is 24.7. The zero-order valence-corrected chi connectivity index (χ0v) is 24.7. The maximum Gasteiger partial charge on any atom is 0.246 e. The van der Waals surface area contributed by atoms with E-state index in [1.54, 1.807) is 6.08 Å². The Bertz CT molecular complexity index is 1620. The van der Waals surface area contributed by atoms with Crippen LogP contribution in [0.3, 0.4) is 0 Å². The Morgan fingerprint density at radius 2 is 1.76 bits per heavy atom. The molecule has 0 atom stereocenters. The van der Waals surface area contributed by atoms with Gasteiger partial charge in [0.25, 0.3) is 0 Å². The van der Waals surface area contributed by atoms with Crippen molar-refractivity contribution < 1.29 is 9.53 Å².